The molecule has 2 aliphatic heterocycles. The summed E-state index contributed by atoms with van der Waals surface area (Å²) < 4.78 is 5.66. The van der Waals surface area contributed by atoms with Gasteiger partial charge in [0, 0.05) is 44.3 Å². The average Bonchev–Trinajstić information content (AvgIpc) is 2.72. The van der Waals surface area contributed by atoms with E-state index in [2.05, 4.69) is 12.2 Å². The first kappa shape index (κ1) is 18.9. The molecule has 0 bridgehead atoms. The molecule has 2 amide bonds. The molecule has 6 heteroatoms. The highest BCUT2D eigenvalue weighted by Crippen LogP contribution is 2.20. The number of rotatable bonds is 5. The number of nitrogens with one attached hydrogen (secondary N) is 1. The predicted octanol–water partition coefficient (Wildman–Crippen LogP) is 1.52. The van der Waals surface area contributed by atoms with Gasteiger partial charge in [0.15, 0.2) is 0 Å². The molecule has 1 unspecified atom stereocenters. The number of morpholine rings is 1. The minimum Gasteiger partial charge on any atom is -0.366 e. The maximum absolute atomic E-state index is 12.9. The zero-order chi connectivity index (χ0) is 18.4. The Morgan fingerprint density at radius 3 is 2.58 bits per heavy atom. The molecule has 2 heterocycles. The predicted molar refractivity (Wildman–Crippen MR) is 100.0 cm³/mol. The third-order valence-corrected chi connectivity index (χ3v) is 5.16. The smallest absolute Gasteiger partial charge is 0.253 e. The van der Waals surface area contributed by atoms with Crippen LogP contribution in [0, 0.1) is 0 Å². The largest absolute Gasteiger partial charge is 0.366 e. The lowest BCUT2D eigenvalue weighted by molar-refractivity contribution is -0.148. The molecule has 1 aromatic rings. The quantitative estimate of drug-likeness (QED) is 0.866. The Bertz CT molecular complexity index is 594. The minimum absolute atomic E-state index is 0.0808. The zero-order valence-corrected chi connectivity index (χ0v) is 15.5. The number of ether oxygens (including phenoxy) is 1. The van der Waals surface area contributed by atoms with Gasteiger partial charge in [-0.05, 0) is 31.4 Å². The summed E-state index contributed by atoms with van der Waals surface area (Å²) in [4.78, 5) is 29.4. The van der Waals surface area contributed by atoms with Crippen LogP contribution in [0.1, 0.15) is 36.5 Å². The first-order valence-electron chi connectivity index (χ1n) is 9.68. The van der Waals surface area contributed by atoms with Crippen molar-refractivity contribution in [1.29, 1.82) is 0 Å². The van der Waals surface area contributed by atoms with Crippen molar-refractivity contribution in [2.75, 3.05) is 39.3 Å². The lowest BCUT2D eigenvalue weighted by atomic mass is 10.0. The van der Waals surface area contributed by atoms with Crippen molar-refractivity contribution < 1.29 is 14.3 Å². The second kappa shape index (κ2) is 9.14. The molecule has 6 nitrogen and oxygen atoms in total. The van der Waals surface area contributed by atoms with Crippen LogP contribution in [0.2, 0.25) is 0 Å². The molecule has 1 aromatic carbocycles. The minimum atomic E-state index is -0.376. The van der Waals surface area contributed by atoms with E-state index in [1.807, 2.05) is 40.1 Å². The van der Waals surface area contributed by atoms with Gasteiger partial charge < -0.3 is 19.9 Å². The summed E-state index contributed by atoms with van der Waals surface area (Å²) in [5.74, 6) is 0.170. The summed E-state index contributed by atoms with van der Waals surface area (Å²) in [6, 6.07) is 9.59. The molecular formula is C20H29N3O3. The van der Waals surface area contributed by atoms with Gasteiger partial charge in [0.05, 0.1) is 6.61 Å². The molecule has 0 saturated carbocycles. The van der Waals surface area contributed by atoms with Crippen LogP contribution < -0.4 is 5.32 Å². The lowest BCUT2D eigenvalue weighted by Gasteiger charge is -2.40. The van der Waals surface area contributed by atoms with E-state index in [9.17, 15) is 9.59 Å². The van der Waals surface area contributed by atoms with Gasteiger partial charge in [-0.1, -0.05) is 25.1 Å². The van der Waals surface area contributed by atoms with Crippen LogP contribution in [0.15, 0.2) is 30.3 Å². The van der Waals surface area contributed by atoms with E-state index < -0.39 is 0 Å². The van der Waals surface area contributed by atoms with Crippen molar-refractivity contribution in [1.82, 2.24) is 15.1 Å². The Kier molecular flexibility index (Phi) is 6.63. The van der Waals surface area contributed by atoms with Gasteiger partial charge in [0.25, 0.3) is 11.8 Å². The van der Waals surface area contributed by atoms with Crippen LogP contribution >= 0.6 is 0 Å². The summed E-state index contributed by atoms with van der Waals surface area (Å²) in [7, 11) is 0. The molecule has 2 aliphatic rings. The summed E-state index contributed by atoms with van der Waals surface area (Å²) in [6.07, 6.45) is 2.20. The van der Waals surface area contributed by atoms with Crippen molar-refractivity contribution in [2.24, 2.45) is 0 Å². The first-order chi connectivity index (χ1) is 12.7. The van der Waals surface area contributed by atoms with Gasteiger partial charge in [-0.2, -0.15) is 0 Å². The molecule has 1 atom stereocenters. The number of benzene rings is 1. The summed E-state index contributed by atoms with van der Waals surface area (Å²) in [5.41, 5.74) is 0.731. The Balaban J connectivity index is 1.59. The van der Waals surface area contributed by atoms with Crippen LogP contribution in [0.3, 0.4) is 0 Å². The Morgan fingerprint density at radius 2 is 1.96 bits per heavy atom. The third-order valence-electron chi connectivity index (χ3n) is 5.16. The Morgan fingerprint density at radius 1 is 1.23 bits per heavy atom. The first-order valence-corrected chi connectivity index (χ1v) is 9.68. The topological polar surface area (TPSA) is 61.9 Å². The van der Waals surface area contributed by atoms with Crippen molar-refractivity contribution in [3.63, 3.8) is 0 Å². The fraction of sp³-hybridized carbons (Fsp3) is 0.600. The van der Waals surface area contributed by atoms with E-state index in [0.717, 1.165) is 37.9 Å². The fourth-order valence-electron chi connectivity index (χ4n) is 3.77. The van der Waals surface area contributed by atoms with Gasteiger partial charge in [0.2, 0.25) is 0 Å². The van der Waals surface area contributed by atoms with E-state index in [1.54, 1.807) is 0 Å². The number of amides is 2. The average molecular weight is 359 g/mol. The van der Waals surface area contributed by atoms with Crippen molar-refractivity contribution in [3.8, 4) is 0 Å². The SMILES string of the molecule is CCCN(C(=O)C1CNCCO1)C1CCN(C(=O)c2ccccc2)CC1. The van der Waals surface area contributed by atoms with E-state index in [0.29, 0.717) is 26.2 Å². The van der Waals surface area contributed by atoms with Crippen molar-refractivity contribution in [2.45, 2.75) is 38.3 Å². The van der Waals surface area contributed by atoms with Crippen LogP contribution in [0.4, 0.5) is 0 Å². The second-order valence-corrected chi connectivity index (χ2v) is 6.98. The molecule has 3 rings (SSSR count). The summed E-state index contributed by atoms with van der Waals surface area (Å²) in [5, 5.41) is 3.23. The molecular weight excluding hydrogens is 330 g/mol. The normalized spacial score (nSPS) is 21.4. The number of nitrogens with zero attached hydrogens (tertiary/aromatic N) is 2. The summed E-state index contributed by atoms with van der Waals surface area (Å²) >= 11 is 0. The van der Waals surface area contributed by atoms with Crippen molar-refractivity contribution in [3.05, 3.63) is 35.9 Å². The Labute approximate surface area is 155 Å². The second-order valence-electron chi connectivity index (χ2n) is 6.98. The molecule has 0 radical (unpaired) electrons. The molecule has 1 N–H and O–H groups in total. The van der Waals surface area contributed by atoms with E-state index in [4.69, 9.17) is 4.74 Å². The number of piperidine rings is 1. The highest BCUT2D eigenvalue weighted by molar-refractivity contribution is 5.94. The monoisotopic (exact) mass is 359 g/mol. The standard InChI is InChI=1S/C20H29N3O3/c1-2-11-23(20(25)18-15-21-10-14-26-18)17-8-12-22(13-9-17)19(24)16-6-4-3-5-7-16/h3-7,17-18,21H,2,8-15H2,1H3. The lowest BCUT2D eigenvalue weighted by Crippen LogP contribution is -2.55. The van der Waals surface area contributed by atoms with Gasteiger partial charge >= 0.3 is 0 Å². The molecule has 2 saturated heterocycles. The summed E-state index contributed by atoms with van der Waals surface area (Å²) in [6.45, 7) is 6.19. The third kappa shape index (κ3) is 4.43. The van der Waals surface area contributed by atoms with Crippen molar-refractivity contribution >= 4 is 11.8 Å². The molecule has 0 aromatic heterocycles. The maximum atomic E-state index is 12.9. The molecule has 2 fully saturated rings. The van der Waals surface area contributed by atoms with Gasteiger partial charge in [-0.25, -0.2) is 0 Å². The van der Waals surface area contributed by atoms with Crippen LogP contribution in [-0.2, 0) is 9.53 Å². The number of likely N-dealkylation sites (tertiary alicyclic amines) is 1. The fourth-order valence-corrected chi connectivity index (χ4v) is 3.77. The number of hydrogen-bond acceptors (Lipinski definition) is 4. The molecule has 142 valence electrons. The van der Waals surface area contributed by atoms with Gasteiger partial charge in [-0.3, -0.25) is 9.59 Å². The van der Waals surface area contributed by atoms with Gasteiger partial charge in [0.1, 0.15) is 6.10 Å². The Hall–Kier alpha value is -1.92. The highest BCUT2D eigenvalue weighted by atomic mass is 16.5. The molecule has 26 heavy (non-hydrogen) atoms. The van der Waals surface area contributed by atoms with Crippen LogP contribution in [0.25, 0.3) is 0 Å². The van der Waals surface area contributed by atoms with Crippen LogP contribution in [0.5, 0.6) is 0 Å². The number of carbonyl (C=O) groups excluding carboxylic acids is 2. The van der Waals surface area contributed by atoms with E-state index in [1.165, 1.54) is 0 Å². The maximum Gasteiger partial charge on any atom is 0.253 e. The number of carbonyl (C=O) groups is 2. The van der Waals surface area contributed by atoms with Gasteiger partial charge in [-0.15, -0.1) is 0 Å². The van der Waals surface area contributed by atoms with Crippen LogP contribution in [-0.4, -0.2) is 73.1 Å². The molecule has 0 spiro atoms. The van der Waals surface area contributed by atoms with E-state index in [-0.39, 0.29) is 24.0 Å². The van der Waals surface area contributed by atoms with E-state index >= 15 is 0 Å². The number of hydrogen-bond donors (Lipinski definition) is 1. The molecule has 0 aliphatic carbocycles. The zero-order valence-electron chi connectivity index (χ0n) is 15.5. The highest BCUT2D eigenvalue weighted by Gasteiger charge is 2.33.